The van der Waals surface area contributed by atoms with E-state index in [1.165, 1.54) is 12.1 Å². The molecule has 0 radical (unpaired) electrons. The van der Waals surface area contributed by atoms with Gasteiger partial charge in [0.2, 0.25) is 5.76 Å². The highest BCUT2D eigenvalue weighted by Crippen LogP contribution is 2.28. The van der Waals surface area contributed by atoms with Crippen LogP contribution in [0.5, 0.6) is 0 Å². The molecular weight excluding hydrogens is 241 g/mol. The summed E-state index contributed by atoms with van der Waals surface area (Å²) in [6, 6.07) is 2.48. The Morgan fingerprint density at radius 1 is 1.53 bits per heavy atom. The Labute approximate surface area is 95.0 Å². The molecule has 0 bridgehead atoms. The minimum Gasteiger partial charge on any atom is -0.463 e. The van der Waals surface area contributed by atoms with Gasteiger partial charge in [0.05, 0.1) is 7.11 Å². The second kappa shape index (κ2) is 5.22. The van der Waals surface area contributed by atoms with Crippen molar-refractivity contribution in [2.24, 2.45) is 0 Å². The van der Waals surface area contributed by atoms with E-state index in [0.717, 1.165) is 7.11 Å². The van der Waals surface area contributed by atoms with Crippen LogP contribution in [0.25, 0.3) is 0 Å². The van der Waals surface area contributed by atoms with Gasteiger partial charge in [-0.1, -0.05) is 0 Å². The lowest BCUT2D eigenvalue weighted by Gasteiger charge is -2.09. The van der Waals surface area contributed by atoms with Crippen LogP contribution >= 0.6 is 0 Å². The first-order valence-electron chi connectivity index (χ1n) is 4.76. The summed E-state index contributed by atoms with van der Waals surface area (Å²) in [6.07, 6.45) is -7.37. The molecule has 0 saturated carbocycles. The van der Waals surface area contributed by atoms with E-state index >= 15 is 0 Å². The highest BCUT2D eigenvalue weighted by atomic mass is 19.4. The van der Waals surface area contributed by atoms with Crippen molar-refractivity contribution in [2.45, 2.75) is 25.1 Å². The molecule has 1 atom stereocenters. The number of rotatable bonds is 4. The van der Waals surface area contributed by atoms with Gasteiger partial charge in [-0.25, -0.2) is 4.79 Å². The Kier molecular flexibility index (Phi) is 4.17. The zero-order valence-corrected chi connectivity index (χ0v) is 8.95. The number of halogens is 3. The molecule has 7 heteroatoms. The molecule has 4 nitrogen and oxygen atoms in total. The van der Waals surface area contributed by atoms with E-state index in [9.17, 15) is 23.1 Å². The number of carbonyl (C=O) groups is 1. The molecule has 0 amide bonds. The standard InChI is InChI=1S/C10H11F3O4/c1-16-9(15)8-3-2-7(17-8)6(14)4-5-10(11,12)13/h2-3,6,14H,4-5H2,1H3. The summed E-state index contributed by atoms with van der Waals surface area (Å²) in [5.74, 6) is -0.998. The van der Waals surface area contributed by atoms with Crippen LogP contribution in [0.15, 0.2) is 16.5 Å². The van der Waals surface area contributed by atoms with Crippen LogP contribution in [0.1, 0.15) is 35.3 Å². The molecular formula is C10H11F3O4. The Balaban J connectivity index is 2.61. The van der Waals surface area contributed by atoms with Gasteiger partial charge in [-0.05, 0) is 18.6 Å². The van der Waals surface area contributed by atoms with Gasteiger partial charge in [0.1, 0.15) is 11.9 Å². The monoisotopic (exact) mass is 252 g/mol. The molecule has 0 fully saturated rings. The highest BCUT2D eigenvalue weighted by Gasteiger charge is 2.29. The minimum absolute atomic E-state index is 0.0883. The van der Waals surface area contributed by atoms with Crippen molar-refractivity contribution in [2.75, 3.05) is 7.11 Å². The molecule has 1 rings (SSSR count). The summed E-state index contributed by atoms with van der Waals surface area (Å²) >= 11 is 0. The van der Waals surface area contributed by atoms with Gasteiger partial charge >= 0.3 is 12.1 Å². The second-order valence-electron chi connectivity index (χ2n) is 3.36. The van der Waals surface area contributed by atoms with Gasteiger partial charge in [0.25, 0.3) is 0 Å². The molecule has 0 aliphatic heterocycles. The van der Waals surface area contributed by atoms with E-state index in [-0.39, 0.29) is 11.5 Å². The van der Waals surface area contributed by atoms with Gasteiger partial charge in [0, 0.05) is 6.42 Å². The number of carbonyl (C=O) groups excluding carboxylic acids is 1. The molecule has 1 aromatic heterocycles. The lowest BCUT2D eigenvalue weighted by Crippen LogP contribution is -2.09. The van der Waals surface area contributed by atoms with Crippen molar-refractivity contribution in [3.63, 3.8) is 0 Å². The maximum Gasteiger partial charge on any atom is 0.389 e. The van der Waals surface area contributed by atoms with E-state index < -0.39 is 31.1 Å². The normalized spacial score (nSPS) is 13.5. The van der Waals surface area contributed by atoms with Crippen molar-refractivity contribution in [1.29, 1.82) is 0 Å². The quantitative estimate of drug-likeness (QED) is 0.836. The third-order valence-corrected chi connectivity index (χ3v) is 2.04. The largest absolute Gasteiger partial charge is 0.463 e. The fourth-order valence-corrected chi connectivity index (χ4v) is 1.18. The Hall–Kier alpha value is -1.50. The van der Waals surface area contributed by atoms with Gasteiger partial charge < -0.3 is 14.3 Å². The maximum absolute atomic E-state index is 11.9. The van der Waals surface area contributed by atoms with Crippen LogP contribution in [0, 0.1) is 0 Å². The Morgan fingerprint density at radius 3 is 2.71 bits per heavy atom. The highest BCUT2D eigenvalue weighted by molar-refractivity contribution is 5.86. The van der Waals surface area contributed by atoms with Crippen molar-refractivity contribution in [3.05, 3.63) is 23.7 Å². The molecule has 1 aromatic rings. The Morgan fingerprint density at radius 2 is 2.18 bits per heavy atom. The van der Waals surface area contributed by atoms with E-state index in [1.54, 1.807) is 0 Å². The van der Waals surface area contributed by atoms with Crippen molar-refractivity contribution >= 4 is 5.97 Å². The lowest BCUT2D eigenvalue weighted by atomic mass is 10.1. The maximum atomic E-state index is 11.9. The molecule has 0 aliphatic carbocycles. The van der Waals surface area contributed by atoms with Gasteiger partial charge in [-0.2, -0.15) is 13.2 Å². The number of hydrogen-bond acceptors (Lipinski definition) is 4. The summed E-state index contributed by atoms with van der Waals surface area (Å²) in [5, 5.41) is 9.41. The molecule has 0 saturated heterocycles. The van der Waals surface area contributed by atoms with Crippen LogP contribution in [0.2, 0.25) is 0 Å². The first-order valence-corrected chi connectivity index (χ1v) is 4.76. The molecule has 1 heterocycles. The summed E-state index contributed by atoms with van der Waals surface area (Å²) in [4.78, 5) is 11.0. The number of aliphatic hydroxyl groups is 1. The van der Waals surface area contributed by atoms with Gasteiger partial charge in [-0.15, -0.1) is 0 Å². The van der Waals surface area contributed by atoms with Gasteiger partial charge in [-0.3, -0.25) is 0 Å². The van der Waals surface area contributed by atoms with Crippen molar-refractivity contribution in [3.8, 4) is 0 Å². The van der Waals surface area contributed by atoms with E-state index in [0.29, 0.717) is 0 Å². The predicted octanol–water partition coefficient (Wildman–Crippen LogP) is 2.44. The number of furan rings is 1. The minimum atomic E-state index is -4.33. The average Bonchev–Trinajstić information content (AvgIpc) is 2.73. The van der Waals surface area contributed by atoms with Gasteiger partial charge in [0.15, 0.2) is 0 Å². The lowest BCUT2D eigenvalue weighted by molar-refractivity contribution is -0.140. The number of ether oxygens (including phenoxy) is 1. The fraction of sp³-hybridized carbons (Fsp3) is 0.500. The molecule has 96 valence electrons. The number of aliphatic hydroxyl groups excluding tert-OH is 1. The number of methoxy groups -OCH3 is 1. The Bertz CT molecular complexity index is 383. The SMILES string of the molecule is COC(=O)c1ccc(C(O)CCC(F)(F)F)o1. The van der Waals surface area contributed by atoms with Crippen LogP contribution < -0.4 is 0 Å². The number of alkyl halides is 3. The molecule has 1 N–H and O–H groups in total. The molecule has 0 aliphatic rings. The average molecular weight is 252 g/mol. The third kappa shape index (κ3) is 4.10. The summed E-state index contributed by atoms with van der Waals surface area (Å²) < 4.78 is 44.9. The van der Waals surface area contributed by atoms with E-state index in [2.05, 4.69) is 4.74 Å². The van der Waals surface area contributed by atoms with E-state index in [1.807, 2.05) is 0 Å². The zero-order valence-electron chi connectivity index (χ0n) is 8.95. The molecule has 1 unspecified atom stereocenters. The molecule has 0 spiro atoms. The van der Waals surface area contributed by atoms with Crippen LogP contribution in [0.4, 0.5) is 13.2 Å². The third-order valence-electron chi connectivity index (χ3n) is 2.04. The van der Waals surface area contributed by atoms with Crippen molar-refractivity contribution < 1.29 is 32.2 Å². The van der Waals surface area contributed by atoms with Crippen LogP contribution in [0.3, 0.4) is 0 Å². The first kappa shape index (κ1) is 13.6. The summed E-state index contributed by atoms with van der Waals surface area (Å²) in [6.45, 7) is 0. The predicted molar refractivity (Wildman–Crippen MR) is 50.3 cm³/mol. The topological polar surface area (TPSA) is 59.7 Å². The summed E-state index contributed by atoms with van der Waals surface area (Å²) in [5.41, 5.74) is 0. The number of esters is 1. The summed E-state index contributed by atoms with van der Waals surface area (Å²) in [7, 11) is 1.14. The molecule has 0 aromatic carbocycles. The second-order valence-corrected chi connectivity index (χ2v) is 3.36. The fourth-order valence-electron chi connectivity index (χ4n) is 1.18. The molecule has 17 heavy (non-hydrogen) atoms. The van der Waals surface area contributed by atoms with E-state index in [4.69, 9.17) is 4.42 Å². The van der Waals surface area contributed by atoms with Crippen molar-refractivity contribution in [1.82, 2.24) is 0 Å². The van der Waals surface area contributed by atoms with Crippen LogP contribution in [-0.4, -0.2) is 24.4 Å². The zero-order chi connectivity index (χ0) is 13.1. The van der Waals surface area contributed by atoms with Crippen LogP contribution in [-0.2, 0) is 4.74 Å². The smallest absolute Gasteiger partial charge is 0.389 e. The number of hydrogen-bond donors (Lipinski definition) is 1. The first-order chi connectivity index (χ1) is 7.83.